The van der Waals surface area contributed by atoms with Crippen molar-refractivity contribution in [1.29, 1.82) is 0 Å². The van der Waals surface area contributed by atoms with E-state index < -0.39 is 5.97 Å². The van der Waals surface area contributed by atoms with Crippen molar-refractivity contribution in [3.8, 4) is 0 Å². The molecular weight excluding hydrogens is 234 g/mol. The highest BCUT2D eigenvalue weighted by atomic mass is 16.4. The van der Waals surface area contributed by atoms with E-state index in [4.69, 9.17) is 5.11 Å². The molecule has 1 aliphatic carbocycles. The predicted molar refractivity (Wildman–Crippen MR) is 63.6 cm³/mol. The number of carbonyl (C=O) groups is 3. The van der Waals surface area contributed by atoms with Gasteiger partial charge in [-0.15, -0.1) is 0 Å². The molecule has 0 spiro atoms. The Morgan fingerprint density at radius 1 is 1.06 bits per heavy atom. The lowest BCUT2D eigenvalue weighted by Gasteiger charge is -2.32. The van der Waals surface area contributed by atoms with Gasteiger partial charge in [0.15, 0.2) is 0 Å². The second-order valence-electron chi connectivity index (χ2n) is 5.07. The van der Waals surface area contributed by atoms with Crippen LogP contribution in [0.5, 0.6) is 0 Å². The van der Waals surface area contributed by atoms with E-state index in [1.165, 1.54) is 4.90 Å². The van der Waals surface area contributed by atoms with E-state index >= 15 is 0 Å². The van der Waals surface area contributed by atoms with Crippen molar-refractivity contribution in [2.24, 2.45) is 5.92 Å². The number of aliphatic carboxylic acids is 1. The fourth-order valence-corrected chi connectivity index (χ4v) is 2.69. The zero-order valence-electron chi connectivity index (χ0n) is 10.6. The molecule has 2 rings (SSSR count). The van der Waals surface area contributed by atoms with Crippen molar-refractivity contribution >= 4 is 17.8 Å². The fraction of sp³-hybridized carbons (Fsp3) is 0.615. The third-order valence-electron chi connectivity index (χ3n) is 4.05. The van der Waals surface area contributed by atoms with Gasteiger partial charge in [-0.05, 0) is 39.5 Å². The molecule has 1 aliphatic heterocycles. The second-order valence-corrected chi connectivity index (χ2v) is 5.07. The first-order valence-corrected chi connectivity index (χ1v) is 6.21. The summed E-state index contributed by atoms with van der Waals surface area (Å²) >= 11 is 0. The summed E-state index contributed by atoms with van der Waals surface area (Å²) in [6.45, 7) is 3.33. The van der Waals surface area contributed by atoms with Gasteiger partial charge < -0.3 is 5.11 Å². The lowest BCUT2D eigenvalue weighted by Crippen LogP contribution is -2.43. The lowest BCUT2D eigenvalue weighted by molar-refractivity contribution is -0.144. The molecule has 0 aromatic heterocycles. The first-order valence-electron chi connectivity index (χ1n) is 6.21. The van der Waals surface area contributed by atoms with Gasteiger partial charge >= 0.3 is 5.97 Å². The van der Waals surface area contributed by atoms with Crippen LogP contribution < -0.4 is 0 Å². The maximum absolute atomic E-state index is 12.0. The minimum atomic E-state index is -0.780. The predicted octanol–water partition coefficient (Wildman–Crippen LogP) is 1.33. The van der Waals surface area contributed by atoms with Crippen molar-refractivity contribution in [3.63, 3.8) is 0 Å². The minimum Gasteiger partial charge on any atom is -0.481 e. The summed E-state index contributed by atoms with van der Waals surface area (Å²) in [4.78, 5) is 36.1. The van der Waals surface area contributed by atoms with Crippen molar-refractivity contribution in [2.45, 2.75) is 45.6 Å². The van der Waals surface area contributed by atoms with Crippen LogP contribution in [-0.4, -0.2) is 33.8 Å². The first-order chi connectivity index (χ1) is 8.43. The summed E-state index contributed by atoms with van der Waals surface area (Å²) in [7, 11) is 0. The molecule has 5 heteroatoms. The van der Waals surface area contributed by atoms with Crippen LogP contribution in [0, 0.1) is 5.92 Å². The molecule has 0 bridgehead atoms. The molecule has 98 valence electrons. The zero-order valence-corrected chi connectivity index (χ0v) is 10.6. The number of carboxylic acid groups (broad SMARTS) is 1. The van der Waals surface area contributed by atoms with Gasteiger partial charge in [0.05, 0.1) is 5.92 Å². The van der Waals surface area contributed by atoms with Gasteiger partial charge in [0.2, 0.25) is 0 Å². The lowest BCUT2D eigenvalue weighted by atomic mass is 9.85. The van der Waals surface area contributed by atoms with Crippen LogP contribution in [0.2, 0.25) is 0 Å². The Balaban J connectivity index is 2.06. The molecule has 0 aromatic rings. The topological polar surface area (TPSA) is 74.7 Å². The molecule has 18 heavy (non-hydrogen) atoms. The summed E-state index contributed by atoms with van der Waals surface area (Å²) in [5.74, 6) is -1.53. The fourth-order valence-electron chi connectivity index (χ4n) is 2.69. The third kappa shape index (κ3) is 1.94. The average Bonchev–Trinajstić information content (AvgIpc) is 2.54. The van der Waals surface area contributed by atoms with Gasteiger partial charge in [0.1, 0.15) is 0 Å². The average molecular weight is 251 g/mol. The van der Waals surface area contributed by atoms with Crippen LogP contribution in [0.1, 0.15) is 39.5 Å². The van der Waals surface area contributed by atoms with Gasteiger partial charge in [-0.2, -0.15) is 0 Å². The third-order valence-corrected chi connectivity index (χ3v) is 4.05. The van der Waals surface area contributed by atoms with Crippen LogP contribution in [-0.2, 0) is 14.4 Å². The molecule has 0 unspecified atom stereocenters. The Bertz CT molecular complexity index is 420. The second kappa shape index (κ2) is 4.55. The SMILES string of the molecule is CC1=C(C)C(=O)N(C2CCC(C(=O)O)CC2)C1=O. The molecule has 1 heterocycles. The highest BCUT2D eigenvalue weighted by molar-refractivity contribution is 6.18. The number of hydrogen-bond acceptors (Lipinski definition) is 3. The molecule has 2 aliphatic rings. The van der Waals surface area contributed by atoms with E-state index in [1.807, 2.05) is 0 Å². The number of hydrogen-bond donors (Lipinski definition) is 1. The Labute approximate surface area is 105 Å². The normalized spacial score (nSPS) is 29.1. The molecule has 2 amide bonds. The summed E-state index contributed by atoms with van der Waals surface area (Å²) in [5.41, 5.74) is 1.03. The smallest absolute Gasteiger partial charge is 0.306 e. The van der Waals surface area contributed by atoms with Crippen LogP contribution in [0.4, 0.5) is 0 Å². The largest absolute Gasteiger partial charge is 0.481 e. The van der Waals surface area contributed by atoms with Crippen LogP contribution in [0.3, 0.4) is 0 Å². The van der Waals surface area contributed by atoms with Crippen molar-refractivity contribution in [1.82, 2.24) is 4.90 Å². The van der Waals surface area contributed by atoms with Crippen molar-refractivity contribution in [3.05, 3.63) is 11.1 Å². The molecule has 1 saturated carbocycles. The maximum Gasteiger partial charge on any atom is 0.306 e. The summed E-state index contributed by atoms with van der Waals surface area (Å²) in [6.07, 6.45) is 2.26. The number of carbonyl (C=O) groups excluding carboxylic acids is 2. The first kappa shape index (κ1) is 12.8. The summed E-state index contributed by atoms with van der Waals surface area (Å²) in [5, 5.41) is 8.92. The Hall–Kier alpha value is -1.65. The Morgan fingerprint density at radius 2 is 1.50 bits per heavy atom. The van der Waals surface area contributed by atoms with Gasteiger partial charge in [0, 0.05) is 17.2 Å². The van der Waals surface area contributed by atoms with Crippen molar-refractivity contribution < 1.29 is 19.5 Å². The molecule has 1 fully saturated rings. The quantitative estimate of drug-likeness (QED) is 0.751. The van der Waals surface area contributed by atoms with E-state index in [2.05, 4.69) is 0 Å². The van der Waals surface area contributed by atoms with Gasteiger partial charge in [-0.3, -0.25) is 19.3 Å². The van der Waals surface area contributed by atoms with Crippen LogP contribution in [0.25, 0.3) is 0 Å². The minimum absolute atomic E-state index is 0.131. The van der Waals surface area contributed by atoms with Gasteiger partial charge in [-0.25, -0.2) is 0 Å². The van der Waals surface area contributed by atoms with Gasteiger partial charge in [-0.1, -0.05) is 0 Å². The molecule has 0 atom stereocenters. The van der Waals surface area contributed by atoms with Gasteiger partial charge in [0.25, 0.3) is 11.8 Å². The number of rotatable bonds is 2. The van der Waals surface area contributed by atoms with E-state index in [0.717, 1.165) is 0 Å². The Kier molecular flexibility index (Phi) is 3.24. The summed E-state index contributed by atoms with van der Waals surface area (Å²) < 4.78 is 0. The summed E-state index contributed by atoms with van der Waals surface area (Å²) in [6, 6.07) is -0.131. The molecule has 1 N–H and O–H groups in total. The van der Waals surface area contributed by atoms with E-state index in [1.54, 1.807) is 13.8 Å². The number of amides is 2. The monoisotopic (exact) mass is 251 g/mol. The van der Waals surface area contributed by atoms with Crippen LogP contribution >= 0.6 is 0 Å². The number of nitrogens with zero attached hydrogens (tertiary/aromatic N) is 1. The molecule has 0 radical (unpaired) electrons. The zero-order chi connectivity index (χ0) is 13.4. The highest BCUT2D eigenvalue weighted by Crippen LogP contribution is 2.32. The van der Waals surface area contributed by atoms with E-state index in [9.17, 15) is 14.4 Å². The Morgan fingerprint density at radius 3 is 1.89 bits per heavy atom. The molecule has 0 aromatic carbocycles. The standard InChI is InChI=1S/C13H17NO4/c1-7-8(2)12(16)14(11(7)15)10-5-3-9(4-6-10)13(17)18/h9-10H,3-6H2,1-2H3,(H,17,18). The van der Waals surface area contributed by atoms with E-state index in [-0.39, 0.29) is 23.8 Å². The van der Waals surface area contributed by atoms with Crippen LogP contribution in [0.15, 0.2) is 11.1 Å². The number of imide groups is 1. The molecule has 5 nitrogen and oxygen atoms in total. The highest BCUT2D eigenvalue weighted by Gasteiger charge is 2.40. The molecular formula is C13H17NO4. The number of carboxylic acids is 1. The molecule has 0 saturated heterocycles. The van der Waals surface area contributed by atoms with Crippen molar-refractivity contribution in [2.75, 3.05) is 0 Å². The maximum atomic E-state index is 12.0. The van der Waals surface area contributed by atoms with E-state index in [0.29, 0.717) is 36.8 Å².